The van der Waals surface area contributed by atoms with Gasteiger partial charge in [0, 0.05) is 25.8 Å². The molecular weight excluding hydrogens is 272 g/mol. The van der Waals surface area contributed by atoms with Gasteiger partial charge in [-0.15, -0.1) is 0 Å². The Balaban J connectivity index is 1.87. The van der Waals surface area contributed by atoms with Crippen LogP contribution in [0.4, 0.5) is 0 Å². The van der Waals surface area contributed by atoms with Gasteiger partial charge >= 0.3 is 0 Å². The van der Waals surface area contributed by atoms with Crippen LogP contribution in [0.5, 0.6) is 0 Å². The predicted octanol–water partition coefficient (Wildman–Crippen LogP) is 1.17. The topological polar surface area (TPSA) is 60.0 Å². The lowest BCUT2D eigenvalue weighted by Crippen LogP contribution is -2.52. The number of morpholine rings is 1. The van der Waals surface area contributed by atoms with E-state index in [1.807, 2.05) is 24.1 Å². The molecule has 1 unspecified atom stereocenters. The standard InChI is InChI=1S/C15H22N2O4/c1-3-20-11-12-4-6-13(7-5-12)15(18)16-17-8-9-21-14(10-17)19-2/h4-7,14H,3,8-11H2,1-2H3,(H,16,18). The van der Waals surface area contributed by atoms with Crippen LogP contribution >= 0.6 is 0 Å². The summed E-state index contributed by atoms with van der Waals surface area (Å²) < 4.78 is 15.8. The zero-order valence-corrected chi connectivity index (χ0v) is 12.5. The van der Waals surface area contributed by atoms with Gasteiger partial charge in [0.25, 0.3) is 5.91 Å². The number of nitrogens with zero attached hydrogens (tertiary/aromatic N) is 1. The van der Waals surface area contributed by atoms with Crippen LogP contribution < -0.4 is 5.43 Å². The van der Waals surface area contributed by atoms with E-state index in [1.54, 1.807) is 19.2 Å². The molecule has 0 radical (unpaired) electrons. The minimum Gasteiger partial charge on any atom is -0.377 e. The van der Waals surface area contributed by atoms with E-state index in [0.717, 1.165) is 5.56 Å². The van der Waals surface area contributed by atoms with Crippen molar-refractivity contribution in [3.8, 4) is 0 Å². The molecule has 116 valence electrons. The van der Waals surface area contributed by atoms with Crippen molar-refractivity contribution >= 4 is 5.91 Å². The Morgan fingerprint density at radius 1 is 1.43 bits per heavy atom. The predicted molar refractivity (Wildman–Crippen MR) is 77.6 cm³/mol. The van der Waals surface area contributed by atoms with Gasteiger partial charge in [-0.1, -0.05) is 12.1 Å². The molecule has 6 heteroatoms. The average Bonchev–Trinajstić information content (AvgIpc) is 2.53. The first-order chi connectivity index (χ1) is 10.2. The highest BCUT2D eigenvalue weighted by molar-refractivity contribution is 5.93. The summed E-state index contributed by atoms with van der Waals surface area (Å²) in [5, 5.41) is 1.81. The van der Waals surface area contributed by atoms with Gasteiger partial charge in [0.2, 0.25) is 0 Å². The number of nitrogens with one attached hydrogen (secondary N) is 1. The number of hydrazine groups is 1. The monoisotopic (exact) mass is 294 g/mol. The largest absolute Gasteiger partial charge is 0.377 e. The third-order valence-electron chi connectivity index (χ3n) is 3.25. The fraction of sp³-hybridized carbons (Fsp3) is 0.533. The fourth-order valence-corrected chi connectivity index (χ4v) is 2.04. The molecule has 0 saturated carbocycles. The van der Waals surface area contributed by atoms with Gasteiger partial charge in [0.1, 0.15) is 0 Å². The maximum Gasteiger partial charge on any atom is 0.265 e. The summed E-state index contributed by atoms with van der Waals surface area (Å²) in [6.07, 6.45) is -0.299. The lowest BCUT2D eigenvalue weighted by atomic mass is 10.1. The van der Waals surface area contributed by atoms with E-state index >= 15 is 0 Å². The van der Waals surface area contributed by atoms with Gasteiger partial charge in [0.05, 0.1) is 19.8 Å². The number of amides is 1. The molecular formula is C15H22N2O4. The molecule has 1 heterocycles. The fourth-order valence-electron chi connectivity index (χ4n) is 2.04. The zero-order chi connectivity index (χ0) is 15.1. The van der Waals surface area contributed by atoms with Crippen molar-refractivity contribution < 1.29 is 19.0 Å². The molecule has 0 aromatic heterocycles. The zero-order valence-electron chi connectivity index (χ0n) is 12.5. The SMILES string of the molecule is CCOCc1ccc(C(=O)NN2CCOC(OC)C2)cc1. The highest BCUT2D eigenvalue weighted by Gasteiger charge is 2.21. The lowest BCUT2D eigenvalue weighted by Gasteiger charge is -2.31. The first-order valence-corrected chi connectivity index (χ1v) is 7.10. The smallest absolute Gasteiger partial charge is 0.265 e. The van der Waals surface area contributed by atoms with E-state index in [2.05, 4.69) is 5.43 Å². The summed E-state index contributed by atoms with van der Waals surface area (Å²) in [5.74, 6) is -0.130. The molecule has 1 aliphatic rings. The number of benzene rings is 1. The van der Waals surface area contributed by atoms with E-state index in [1.165, 1.54) is 0 Å². The molecule has 21 heavy (non-hydrogen) atoms. The van der Waals surface area contributed by atoms with Gasteiger partial charge in [-0.25, -0.2) is 5.01 Å². The second-order valence-corrected chi connectivity index (χ2v) is 4.76. The molecule has 1 aromatic rings. The summed E-state index contributed by atoms with van der Waals surface area (Å²) >= 11 is 0. The van der Waals surface area contributed by atoms with Crippen LogP contribution in [0.1, 0.15) is 22.8 Å². The number of hydrogen-bond acceptors (Lipinski definition) is 5. The Kier molecular flexibility index (Phi) is 6.13. The number of carbonyl (C=O) groups is 1. The van der Waals surface area contributed by atoms with E-state index in [0.29, 0.717) is 38.5 Å². The summed E-state index contributed by atoms with van der Waals surface area (Å²) in [6.45, 7) is 4.90. The van der Waals surface area contributed by atoms with Crippen LogP contribution in [0.25, 0.3) is 0 Å². The minimum absolute atomic E-state index is 0.130. The maximum absolute atomic E-state index is 12.2. The van der Waals surface area contributed by atoms with Crippen molar-refractivity contribution in [2.24, 2.45) is 0 Å². The molecule has 1 amide bonds. The highest BCUT2D eigenvalue weighted by Crippen LogP contribution is 2.08. The van der Waals surface area contributed by atoms with Crippen molar-refractivity contribution in [3.63, 3.8) is 0 Å². The van der Waals surface area contributed by atoms with E-state index in [9.17, 15) is 4.79 Å². The van der Waals surface area contributed by atoms with Crippen LogP contribution in [-0.4, -0.2) is 50.6 Å². The van der Waals surface area contributed by atoms with Crippen molar-refractivity contribution in [1.82, 2.24) is 10.4 Å². The lowest BCUT2D eigenvalue weighted by molar-refractivity contribution is -0.170. The second kappa shape index (κ2) is 8.09. The molecule has 1 N–H and O–H groups in total. The molecule has 0 aliphatic carbocycles. The van der Waals surface area contributed by atoms with Gasteiger partial charge in [-0.05, 0) is 24.6 Å². The molecule has 1 atom stereocenters. The average molecular weight is 294 g/mol. The Morgan fingerprint density at radius 3 is 2.86 bits per heavy atom. The van der Waals surface area contributed by atoms with Gasteiger partial charge in [-0.2, -0.15) is 0 Å². The quantitative estimate of drug-likeness (QED) is 0.853. The summed E-state index contributed by atoms with van der Waals surface area (Å²) in [6, 6.07) is 7.42. The molecule has 1 fully saturated rings. The third-order valence-corrected chi connectivity index (χ3v) is 3.25. The molecule has 1 saturated heterocycles. The van der Waals surface area contributed by atoms with Gasteiger partial charge in [-0.3, -0.25) is 10.2 Å². The third kappa shape index (κ3) is 4.78. The Morgan fingerprint density at radius 2 is 2.19 bits per heavy atom. The number of hydrogen-bond donors (Lipinski definition) is 1. The molecule has 1 aliphatic heterocycles. The Hall–Kier alpha value is -1.47. The molecule has 2 rings (SSSR count). The van der Waals surface area contributed by atoms with Crippen LogP contribution in [-0.2, 0) is 20.8 Å². The van der Waals surface area contributed by atoms with Crippen molar-refractivity contribution in [2.75, 3.05) is 33.4 Å². The summed E-state index contributed by atoms with van der Waals surface area (Å²) in [5.41, 5.74) is 4.54. The van der Waals surface area contributed by atoms with Gasteiger partial charge in [0.15, 0.2) is 6.29 Å². The molecule has 1 aromatic carbocycles. The summed E-state index contributed by atoms with van der Waals surface area (Å²) in [7, 11) is 1.59. The molecule has 0 bridgehead atoms. The van der Waals surface area contributed by atoms with Crippen LogP contribution in [0.2, 0.25) is 0 Å². The number of ether oxygens (including phenoxy) is 3. The number of rotatable bonds is 6. The van der Waals surface area contributed by atoms with Crippen LogP contribution in [0.3, 0.4) is 0 Å². The minimum atomic E-state index is -0.299. The van der Waals surface area contributed by atoms with Gasteiger partial charge < -0.3 is 14.2 Å². The Bertz CT molecular complexity index is 449. The second-order valence-electron chi connectivity index (χ2n) is 4.76. The van der Waals surface area contributed by atoms with E-state index < -0.39 is 0 Å². The normalized spacial score (nSPS) is 19.4. The van der Waals surface area contributed by atoms with E-state index in [4.69, 9.17) is 14.2 Å². The Labute approximate surface area is 124 Å². The summed E-state index contributed by atoms with van der Waals surface area (Å²) in [4.78, 5) is 12.2. The van der Waals surface area contributed by atoms with Crippen molar-refractivity contribution in [3.05, 3.63) is 35.4 Å². The molecule has 6 nitrogen and oxygen atoms in total. The first kappa shape index (κ1) is 15.9. The van der Waals surface area contributed by atoms with Crippen LogP contribution in [0, 0.1) is 0 Å². The highest BCUT2D eigenvalue weighted by atomic mass is 16.7. The first-order valence-electron chi connectivity index (χ1n) is 7.10. The van der Waals surface area contributed by atoms with Crippen LogP contribution in [0.15, 0.2) is 24.3 Å². The van der Waals surface area contributed by atoms with E-state index in [-0.39, 0.29) is 12.2 Å². The molecule has 0 spiro atoms. The number of carbonyl (C=O) groups excluding carboxylic acids is 1. The van der Waals surface area contributed by atoms with Crippen molar-refractivity contribution in [2.45, 2.75) is 19.8 Å². The number of methoxy groups -OCH3 is 1. The maximum atomic E-state index is 12.2. The van der Waals surface area contributed by atoms with Crippen molar-refractivity contribution in [1.29, 1.82) is 0 Å².